The predicted octanol–water partition coefficient (Wildman–Crippen LogP) is 4.22. The number of ether oxygens (including phenoxy) is 3. The van der Waals surface area contributed by atoms with Crippen LogP contribution in [0, 0.1) is 0 Å². The minimum atomic E-state index is -0.731. The number of rotatable bonds is 6. The van der Waals surface area contributed by atoms with Gasteiger partial charge in [-0.3, -0.25) is 9.59 Å². The molecule has 2 amide bonds. The monoisotopic (exact) mass is 472 g/mol. The smallest absolute Gasteiger partial charge is 0.338 e. The van der Waals surface area contributed by atoms with Crippen molar-refractivity contribution < 1.29 is 28.6 Å². The molecule has 4 rings (SSSR count). The number of hydrogen-bond donors (Lipinski definition) is 2. The molecule has 2 N–H and O–H groups in total. The van der Waals surface area contributed by atoms with E-state index in [0.29, 0.717) is 35.3 Å². The van der Waals surface area contributed by atoms with Crippen LogP contribution in [0.1, 0.15) is 20.0 Å². The van der Waals surface area contributed by atoms with Gasteiger partial charge in [-0.15, -0.1) is 11.3 Å². The summed E-state index contributed by atoms with van der Waals surface area (Å²) in [6.45, 7) is 0.407. The number of amides is 2. The SMILES string of the molecule is O=C(COC(=O)c1ccc(Cl)c(NC(=O)c2cccs2)c1)Nc1ccc2c(c1)OCCO2. The Bertz CT molecular complexity index is 1170. The summed E-state index contributed by atoms with van der Waals surface area (Å²) in [4.78, 5) is 37.3. The van der Waals surface area contributed by atoms with E-state index in [2.05, 4.69) is 10.6 Å². The molecule has 0 spiro atoms. The first-order valence-corrected chi connectivity index (χ1v) is 10.8. The Morgan fingerprint density at radius 1 is 1.00 bits per heavy atom. The fourth-order valence-corrected chi connectivity index (χ4v) is 3.66. The minimum Gasteiger partial charge on any atom is -0.486 e. The maximum absolute atomic E-state index is 12.4. The van der Waals surface area contributed by atoms with Crippen LogP contribution in [0.3, 0.4) is 0 Å². The van der Waals surface area contributed by atoms with Gasteiger partial charge in [-0.05, 0) is 41.8 Å². The molecule has 10 heteroatoms. The van der Waals surface area contributed by atoms with Crippen LogP contribution in [0.5, 0.6) is 11.5 Å². The fraction of sp³-hybridized carbons (Fsp3) is 0.136. The molecule has 1 aliphatic heterocycles. The second-order valence-corrected chi connectivity index (χ2v) is 7.96. The number of esters is 1. The fourth-order valence-electron chi connectivity index (χ4n) is 2.87. The number of anilines is 2. The van der Waals surface area contributed by atoms with Gasteiger partial charge in [0, 0.05) is 11.8 Å². The number of hydrogen-bond acceptors (Lipinski definition) is 7. The molecule has 0 unspecified atom stereocenters. The third-order valence-corrected chi connectivity index (χ3v) is 5.55. The molecule has 0 radical (unpaired) electrons. The Morgan fingerprint density at radius 2 is 1.81 bits per heavy atom. The van der Waals surface area contributed by atoms with Crippen LogP contribution < -0.4 is 20.1 Å². The molecular weight excluding hydrogens is 456 g/mol. The van der Waals surface area contributed by atoms with Gasteiger partial charge in [-0.25, -0.2) is 4.79 Å². The molecule has 0 saturated carbocycles. The highest BCUT2D eigenvalue weighted by atomic mass is 35.5. The number of benzene rings is 2. The summed E-state index contributed by atoms with van der Waals surface area (Å²) < 4.78 is 16.0. The minimum absolute atomic E-state index is 0.142. The molecule has 0 aliphatic carbocycles. The van der Waals surface area contributed by atoms with Crippen LogP contribution in [0.25, 0.3) is 0 Å². The van der Waals surface area contributed by atoms with Crippen molar-refractivity contribution in [2.75, 3.05) is 30.5 Å². The largest absolute Gasteiger partial charge is 0.486 e. The molecule has 3 aromatic rings. The van der Waals surface area contributed by atoms with Crippen molar-refractivity contribution in [1.29, 1.82) is 0 Å². The van der Waals surface area contributed by atoms with Gasteiger partial charge >= 0.3 is 5.97 Å². The van der Waals surface area contributed by atoms with E-state index in [4.69, 9.17) is 25.8 Å². The van der Waals surface area contributed by atoms with E-state index in [-0.39, 0.29) is 22.2 Å². The highest BCUT2D eigenvalue weighted by molar-refractivity contribution is 7.12. The van der Waals surface area contributed by atoms with Gasteiger partial charge in [0.25, 0.3) is 11.8 Å². The normalized spacial score (nSPS) is 12.0. The van der Waals surface area contributed by atoms with Crippen LogP contribution in [0.2, 0.25) is 5.02 Å². The van der Waals surface area contributed by atoms with Crippen LogP contribution in [0.4, 0.5) is 11.4 Å². The number of nitrogens with one attached hydrogen (secondary N) is 2. The average molecular weight is 473 g/mol. The Hall–Kier alpha value is -3.56. The number of fused-ring (bicyclic) bond motifs is 1. The van der Waals surface area contributed by atoms with Gasteiger partial charge in [0.2, 0.25) is 0 Å². The Kier molecular flexibility index (Phi) is 6.58. The lowest BCUT2D eigenvalue weighted by atomic mass is 10.2. The highest BCUT2D eigenvalue weighted by Gasteiger charge is 2.16. The number of carbonyl (C=O) groups is 3. The van der Waals surface area contributed by atoms with Crippen molar-refractivity contribution in [2.45, 2.75) is 0 Å². The third-order valence-electron chi connectivity index (χ3n) is 4.36. The first-order valence-electron chi connectivity index (χ1n) is 9.50. The molecular formula is C22H17ClN2O6S. The first-order chi connectivity index (χ1) is 15.5. The summed E-state index contributed by atoms with van der Waals surface area (Å²) in [6, 6.07) is 12.7. The van der Waals surface area contributed by atoms with E-state index in [1.54, 1.807) is 35.7 Å². The van der Waals surface area contributed by atoms with Gasteiger partial charge in [0.15, 0.2) is 18.1 Å². The second-order valence-electron chi connectivity index (χ2n) is 6.61. The van der Waals surface area contributed by atoms with Crippen molar-refractivity contribution >= 4 is 52.1 Å². The van der Waals surface area contributed by atoms with Crippen molar-refractivity contribution in [1.82, 2.24) is 0 Å². The number of halogens is 1. The van der Waals surface area contributed by atoms with Crippen molar-refractivity contribution in [2.24, 2.45) is 0 Å². The zero-order valence-electron chi connectivity index (χ0n) is 16.6. The Balaban J connectivity index is 1.34. The molecule has 32 heavy (non-hydrogen) atoms. The lowest BCUT2D eigenvalue weighted by molar-refractivity contribution is -0.119. The average Bonchev–Trinajstić information content (AvgIpc) is 3.34. The van der Waals surface area contributed by atoms with Crippen molar-refractivity contribution in [3.63, 3.8) is 0 Å². The first kappa shape index (κ1) is 21.7. The van der Waals surface area contributed by atoms with Crippen molar-refractivity contribution in [3.05, 3.63) is 69.4 Å². The second kappa shape index (κ2) is 9.71. The molecule has 0 atom stereocenters. The summed E-state index contributed by atoms with van der Waals surface area (Å²) in [7, 11) is 0. The molecule has 2 heterocycles. The van der Waals surface area contributed by atoms with Gasteiger partial charge in [0.1, 0.15) is 13.2 Å². The standard InChI is InChI=1S/C22H17ClN2O6S/c23-15-5-3-13(10-16(15)25-21(27)19-2-1-9-32-19)22(28)31-12-20(26)24-14-4-6-17-18(11-14)30-8-7-29-17/h1-6,9-11H,7-8,12H2,(H,24,26)(H,25,27). The van der Waals surface area contributed by atoms with Crippen LogP contribution in [-0.4, -0.2) is 37.6 Å². The maximum Gasteiger partial charge on any atom is 0.338 e. The lowest BCUT2D eigenvalue weighted by Crippen LogP contribution is -2.21. The lowest BCUT2D eigenvalue weighted by Gasteiger charge is -2.19. The van der Waals surface area contributed by atoms with Crippen LogP contribution in [-0.2, 0) is 9.53 Å². The van der Waals surface area contributed by atoms with Crippen LogP contribution in [0.15, 0.2) is 53.9 Å². The molecule has 164 valence electrons. The summed E-state index contributed by atoms with van der Waals surface area (Å²) in [6.07, 6.45) is 0. The molecule has 0 saturated heterocycles. The molecule has 0 bridgehead atoms. The van der Waals surface area contributed by atoms with Crippen LogP contribution >= 0.6 is 22.9 Å². The molecule has 8 nitrogen and oxygen atoms in total. The molecule has 1 aromatic heterocycles. The maximum atomic E-state index is 12.4. The zero-order valence-corrected chi connectivity index (χ0v) is 18.1. The van der Waals surface area contributed by atoms with Gasteiger partial charge in [-0.2, -0.15) is 0 Å². The topological polar surface area (TPSA) is 103 Å². The summed E-state index contributed by atoms with van der Waals surface area (Å²) in [5.74, 6) is -0.457. The zero-order chi connectivity index (χ0) is 22.5. The van der Waals surface area contributed by atoms with E-state index in [9.17, 15) is 14.4 Å². The number of carbonyl (C=O) groups excluding carboxylic acids is 3. The Labute approximate surface area is 192 Å². The van der Waals surface area contributed by atoms with E-state index >= 15 is 0 Å². The molecule has 2 aromatic carbocycles. The van der Waals surface area contributed by atoms with E-state index in [1.165, 1.54) is 29.5 Å². The van der Waals surface area contributed by atoms with Crippen molar-refractivity contribution in [3.8, 4) is 11.5 Å². The molecule has 0 fully saturated rings. The Morgan fingerprint density at radius 3 is 2.59 bits per heavy atom. The van der Waals surface area contributed by atoms with Gasteiger partial charge < -0.3 is 24.8 Å². The van der Waals surface area contributed by atoms with E-state index in [0.717, 1.165) is 0 Å². The van der Waals surface area contributed by atoms with Gasteiger partial charge in [-0.1, -0.05) is 17.7 Å². The van der Waals surface area contributed by atoms with Gasteiger partial charge in [0.05, 0.1) is 21.2 Å². The summed E-state index contributed by atoms with van der Waals surface area (Å²) in [5, 5.41) is 7.34. The summed E-state index contributed by atoms with van der Waals surface area (Å²) in [5.41, 5.74) is 0.892. The molecule has 1 aliphatic rings. The third kappa shape index (κ3) is 5.19. The van der Waals surface area contributed by atoms with E-state index < -0.39 is 18.5 Å². The van der Waals surface area contributed by atoms with E-state index in [1.807, 2.05) is 0 Å². The number of thiophene rings is 1. The summed E-state index contributed by atoms with van der Waals surface area (Å²) >= 11 is 7.41. The quantitative estimate of drug-likeness (QED) is 0.521. The predicted molar refractivity (Wildman–Crippen MR) is 120 cm³/mol. The highest BCUT2D eigenvalue weighted by Crippen LogP contribution is 2.32.